The van der Waals surface area contributed by atoms with Crippen LogP contribution < -0.4 is 9.64 Å². The summed E-state index contributed by atoms with van der Waals surface area (Å²) in [5.41, 5.74) is 4.57. The van der Waals surface area contributed by atoms with Crippen LogP contribution in [-0.2, 0) is 22.6 Å². The number of ketones is 1. The number of nitrogens with zero attached hydrogens (tertiary/aromatic N) is 2. The van der Waals surface area contributed by atoms with Crippen molar-refractivity contribution in [1.29, 1.82) is 0 Å². The molecule has 186 valence electrons. The zero-order chi connectivity index (χ0) is 25.9. The first-order valence-corrected chi connectivity index (χ1v) is 12.9. The van der Waals surface area contributed by atoms with Crippen molar-refractivity contribution < 1.29 is 19.4 Å². The minimum absolute atomic E-state index is 0.0398. The molecule has 7 heteroatoms. The number of benzene rings is 3. The highest BCUT2D eigenvalue weighted by molar-refractivity contribution is 7.14. The van der Waals surface area contributed by atoms with E-state index in [1.165, 1.54) is 16.2 Å². The molecule has 1 aliphatic rings. The number of anilines is 1. The first kappa shape index (κ1) is 24.5. The van der Waals surface area contributed by atoms with Gasteiger partial charge in [-0.3, -0.25) is 14.5 Å². The van der Waals surface area contributed by atoms with Crippen molar-refractivity contribution >= 4 is 33.9 Å². The van der Waals surface area contributed by atoms with Crippen LogP contribution in [0.25, 0.3) is 5.76 Å². The molecule has 2 heterocycles. The highest BCUT2D eigenvalue weighted by Gasteiger charge is 2.47. The summed E-state index contributed by atoms with van der Waals surface area (Å²) in [6.07, 6.45) is 2.46. The lowest BCUT2D eigenvalue weighted by molar-refractivity contribution is -0.132. The first-order valence-electron chi connectivity index (χ1n) is 12.0. The molecule has 3 aromatic carbocycles. The smallest absolute Gasteiger partial charge is 0.301 e. The number of carbonyl (C=O) groups excluding carboxylic acids is 2. The topological polar surface area (TPSA) is 79.7 Å². The average Bonchev–Trinajstić information content (AvgIpc) is 3.55. The Morgan fingerprint density at radius 1 is 1.03 bits per heavy atom. The molecule has 4 aromatic rings. The maximum absolute atomic E-state index is 13.2. The molecule has 37 heavy (non-hydrogen) atoms. The van der Waals surface area contributed by atoms with Crippen molar-refractivity contribution in [3.63, 3.8) is 0 Å². The van der Waals surface area contributed by atoms with Gasteiger partial charge in [0, 0.05) is 17.1 Å². The van der Waals surface area contributed by atoms with Crippen molar-refractivity contribution in [3.05, 3.63) is 118 Å². The molecule has 1 fully saturated rings. The number of rotatable bonds is 7. The highest BCUT2D eigenvalue weighted by Crippen LogP contribution is 2.42. The van der Waals surface area contributed by atoms with Crippen molar-refractivity contribution in [1.82, 2.24) is 4.98 Å². The van der Waals surface area contributed by atoms with Gasteiger partial charge in [-0.05, 0) is 59.9 Å². The molecular weight excluding hydrogens is 484 g/mol. The number of amides is 1. The number of hydrogen-bond acceptors (Lipinski definition) is 6. The van der Waals surface area contributed by atoms with Crippen molar-refractivity contribution in [2.45, 2.75) is 32.9 Å². The molecule has 0 spiro atoms. The maximum Gasteiger partial charge on any atom is 0.301 e. The molecule has 5 rings (SSSR count). The zero-order valence-electron chi connectivity index (χ0n) is 20.5. The molecule has 0 bridgehead atoms. The lowest BCUT2D eigenvalue weighted by Gasteiger charge is -2.23. The van der Waals surface area contributed by atoms with E-state index < -0.39 is 17.7 Å². The molecule has 1 amide bonds. The summed E-state index contributed by atoms with van der Waals surface area (Å²) in [5.74, 6) is -1.04. The third-order valence-electron chi connectivity index (χ3n) is 6.56. The summed E-state index contributed by atoms with van der Waals surface area (Å²) in [6, 6.07) is 21.8. The number of ether oxygens (including phenoxy) is 1. The van der Waals surface area contributed by atoms with Gasteiger partial charge in [0.1, 0.15) is 18.1 Å². The highest BCUT2D eigenvalue weighted by atomic mass is 32.1. The summed E-state index contributed by atoms with van der Waals surface area (Å²) in [6.45, 7) is 4.52. The molecule has 1 saturated heterocycles. The number of aromatic nitrogens is 1. The number of Topliss-reactive ketones (excluding diaryl/α,β-unsaturated/α-hetero) is 1. The van der Waals surface area contributed by atoms with Crippen molar-refractivity contribution in [2.75, 3.05) is 4.90 Å². The standard InChI is InChI=1S/C30H26N2O4S/c1-3-20-8-10-21(11-9-20)26-25(28(34)29(35)32(26)30-31-16-17-37-30)27(33)22-12-14-24(15-13-22)36-18-23-7-5-4-6-19(23)2/h4-17,26,33H,3,18H2,1-2H3/b27-25+. The molecular formula is C30H26N2O4S. The number of hydrogen-bond donors (Lipinski definition) is 1. The molecule has 1 unspecified atom stereocenters. The molecule has 6 nitrogen and oxygen atoms in total. The molecule has 1 atom stereocenters. The second kappa shape index (κ2) is 10.4. The SMILES string of the molecule is CCc1ccc(C2/C(=C(\O)c3ccc(OCc4ccccc4C)cc3)C(=O)C(=O)N2c2nccs2)cc1. The van der Waals surface area contributed by atoms with Gasteiger partial charge in [0.05, 0.1) is 11.6 Å². The minimum atomic E-state index is -0.783. The number of aliphatic hydroxyl groups is 1. The fraction of sp³-hybridized carbons (Fsp3) is 0.167. The molecule has 0 saturated carbocycles. The minimum Gasteiger partial charge on any atom is -0.507 e. The van der Waals surface area contributed by atoms with E-state index in [4.69, 9.17) is 4.74 Å². The third-order valence-corrected chi connectivity index (χ3v) is 7.33. The van der Waals surface area contributed by atoms with E-state index in [-0.39, 0.29) is 11.3 Å². The van der Waals surface area contributed by atoms with E-state index in [9.17, 15) is 14.7 Å². The summed E-state index contributed by atoms with van der Waals surface area (Å²) >= 11 is 1.27. The Morgan fingerprint density at radius 2 is 1.76 bits per heavy atom. The van der Waals surface area contributed by atoms with E-state index in [1.807, 2.05) is 55.5 Å². The Labute approximate surface area is 219 Å². The Hall–Kier alpha value is -4.23. The summed E-state index contributed by atoms with van der Waals surface area (Å²) in [4.78, 5) is 32.0. The van der Waals surface area contributed by atoms with Crippen LogP contribution in [0.15, 0.2) is 89.9 Å². The van der Waals surface area contributed by atoms with Crippen LogP contribution in [0.2, 0.25) is 0 Å². The number of aryl methyl sites for hydroxylation is 2. The van der Waals surface area contributed by atoms with E-state index in [2.05, 4.69) is 11.9 Å². The van der Waals surface area contributed by atoms with E-state index in [0.717, 1.165) is 28.7 Å². The summed E-state index contributed by atoms with van der Waals surface area (Å²) < 4.78 is 5.92. The van der Waals surface area contributed by atoms with Crippen LogP contribution in [0.1, 0.15) is 40.8 Å². The fourth-order valence-corrected chi connectivity index (χ4v) is 5.08. The van der Waals surface area contributed by atoms with Crippen LogP contribution in [0.4, 0.5) is 5.13 Å². The molecule has 1 aliphatic heterocycles. The lowest BCUT2D eigenvalue weighted by atomic mass is 9.94. The Bertz CT molecular complexity index is 1460. The lowest BCUT2D eigenvalue weighted by Crippen LogP contribution is -2.29. The second-order valence-electron chi connectivity index (χ2n) is 8.82. The van der Waals surface area contributed by atoms with Gasteiger partial charge < -0.3 is 9.84 Å². The van der Waals surface area contributed by atoms with Crippen LogP contribution >= 0.6 is 11.3 Å². The van der Waals surface area contributed by atoms with Gasteiger partial charge in [0.2, 0.25) is 0 Å². The maximum atomic E-state index is 13.2. The number of carbonyl (C=O) groups is 2. The van der Waals surface area contributed by atoms with Gasteiger partial charge in [0.25, 0.3) is 5.78 Å². The molecule has 0 radical (unpaired) electrons. The second-order valence-corrected chi connectivity index (χ2v) is 9.69. The normalized spacial score (nSPS) is 16.8. The fourth-order valence-electron chi connectivity index (χ4n) is 4.41. The van der Waals surface area contributed by atoms with Crippen molar-refractivity contribution in [3.8, 4) is 5.75 Å². The van der Waals surface area contributed by atoms with Gasteiger partial charge >= 0.3 is 5.91 Å². The van der Waals surface area contributed by atoms with E-state index in [0.29, 0.717) is 23.1 Å². The van der Waals surface area contributed by atoms with Gasteiger partial charge in [-0.1, -0.05) is 55.5 Å². The predicted molar refractivity (Wildman–Crippen MR) is 145 cm³/mol. The van der Waals surface area contributed by atoms with Crippen molar-refractivity contribution in [2.24, 2.45) is 0 Å². The third kappa shape index (κ3) is 4.78. The Morgan fingerprint density at radius 3 is 2.41 bits per heavy atom. The van der Waals surface area contributed by atoms with Gasteiger partial charge in [0.15, 0.2) is 5.13 Å². The average molecular weight is 511 g/mol. The summed E-state index contributed by atoms with van der Waals surface area (Å²) in [5, 5.41) is 13.5. The van der Waals surface area contributed by atoms with Gasteiger partial charge in [-0.25, -0.2) is 4.98 Å². The Balaban J connectivity index is 1.49. The van der Waals surface area contributed by atoms with Crippen LogP contribution in [0.3, 0.4) is 0 Å². The zero-order valence-corrected chi connectivity index (χ0v) is 21.4. The number of aliphatic hydroxyl groups excluding tert-OH is 1. The van der Waals surface area contributed by atoms with E-state index >= 15 is 0 Å². The largest absolute Gasteiger partial charge is 0.507 e. The van der Waals surface area contributed by atoms with E-state index in [1.54, 1.807) is 35.8 Å². The molecule has 1 aromatic heterocycles. The first-order chi connectivity index (χ1) is 18.0. The van der Waals surface area contributed by atoms with Crippen LogP contribution in [-0.4, -0.2) is 21.8 Å². The number of thiazole rings is 1. The van der Waals surface area contributed by atoms with Gasteiger partial charge in [-0.2, -0.15) is 0 Å². The Kier molecular flexibility index (Phi) is 6.88. The summed E-state index contributed by atoms with van der Waals surface area (Å²) in [7, 11) is 0. The predicted octanol–water partition coefficient (Wildman–Crippen LogP) is 6.22. The van der Waals surface area contributed by atoms with Crippen LogP contribution in [0, 0.1) is 6.92 Å². The monoisotopic (exact) mass is 510 g/mol. The molecule has 0 aliphatic carbocycles. The van der Waals surface area contributed by atoms with Gasteiger partial charge in [-0.15, -0.1) is 11.3 Å². The quantitative estimate of drug-likeness (QED) is 0.181. The molecule has 1 N–H and O–H groups in total. The van der Waals surface area contributed by atoms with Crippen LogP contribution in [0.5, 0.6) is 5.75 Å².